The van der Waals surface area contributed by atoms with Gasteiger partial charge < -0.3 is 14.9 Å². The second-order valence-electron chi connectivity index (χ2n) is 5.24. The lowest BCUT2D eigenvalue weighted by Crippen LogP contribution is -2.48. The summed E-state index contributed by atoms with van der Waals surface area (Å²) in [5.74, 6) is -0.190. The van der Waals surface area contributed by atoms with E-state index in [2.05, 4.69) is 9.88 Å². The molecule has 112 valence electrons. The minimum absolute atomic E-state index is 0.0452. The SMILES string of the molecule is CC(C)=CC(=O)N1CCN(c2ccc(C(=O)O)cn2)CC1. The highest BCUT2D eigenvalue weighted by atomic mass is 16.4. The third-order valence-electron chi connectivity index (χ3n) is 3.32. The highest BCUT2D eigenvalue weighted by molar-refractivity contribution is 5.88. The number of pyridine rings is 1. The molecule has 1 amide bonds. The molecule has 1 aromatic rings. The molecular formula is C15H19N3O3. The number of allylic oxidation sites excluding steroid dienone is 1. The van der Waals surface area contributed by atoms with Gasteiger partial charge >= 0.3 is 5.97 Å². The zero-order chi connectivity index (χ0) is 15.4. The third-order valence-corrected chi connectivity index (χ3v) is 3.32. The van der Waals surface area contributed by atoms with E-state index in [0.29, 0.717) is 26.2 Å². The van der Waals surface area contributed by atoms with Crippen LogP contribution in [0.4, 0.5) is 5.82 Å². The van der Waals surface area contributed by atoms with Gasteiger partial charge in [0.25, 0.3) is 0 Å². The number of aromatic carboxylic acids is 1. The van der Waals surface area contributed by atoms with Gasteiger partial charge in [-0.15, -0.1) is 0 Å². The van der Waals surface area contributed by atoms with Crippen LogP contribution in [0.15, 0.2) is 30.0 Å². The smallest absolute Gasteiger partial charge is 0.337 e. The second-order valence-corrected chi connectivity index (χ2v) is 5.24. The summed E-state index contributed by atoms with van der Waals surface area (Å²) in [6, 6.07) is 3.25. The van der Waals surface area contributed by atoms with Crippen molar-refractivity contribution >= 4 is 17.7 Å². The zero-order valence-electron chi connectivity index (χ0n) is 12.2. The largest absolute Gasteiger partial charge is 0.478 e. The van der Waals surface area contributed by atoms with E-state index in [-0.39, 0.29) is 11.5 Å². The quantitative estimate of drug-likeness (QED) is 0.851. The van der Waals surface area contributed by atoms with Crippen molar-refractivity contribution in [3.05, 3.63) is 35.5 Å². The fourth-order valence-corrected chi connectivity index (χ4v) is 2.19. The van der Waals surface area contributed by atoms with Crippen LogP contribution in [0, 0.1) is 0 Å². The van der Waals surface area contributed by atoms with E-state index >= 15 is 0 Å². The summed E-state index contributed by atoms with van der Waals surface area (Å²) in [5, 5.41) is 8.85. The van der Waals surface area contributed by atoms with Crippen LogP contribution >= 0.6 is 0 Å². The Kier molecular flexibility index (Phi) is 4.57. The first-order chi connectivity index (χ1) is 9.97. The Balaban J connectivity index is 1.96. The van der Waals surface area contributed by atoms with E-state index in [1.165, 1.54) is 6.20 Å². The molecule has 6 nitrogen and oxygen atoms in total. The number of anilines is 1. The van der Waals surface area contributed by atoms with Gasteiger partial charge in [-0.1, -0.05) is 5.57 Å². The van der Waals surface area contributed by atoms with Crippen LogP contribution < -0.4 is 4.90 Å². The van der Waals surface area contributed by atoms with Crippen LogP contribution in [-0.2, 0) is 4.79 Å². The molecule has 0 bridgehead atoms. The molecule has 1 N–H and O–H groups in total. The molecule has 0 radical (unpaired) electrons. The van der Waals surface area contributed by atoms with E-state index in [4.69, 9.17) is 5.11 Å². The number of carbonyl (C=O) groups excluding carboxylic acids is 1. The van der Waals surface area contributed by atoms with E-state index in [1.54, 1.807) is 18.2 Å². The molecule has 1 aromatic heterocycles. The van der Waals surface area contributed by atoms with Crippen LogP contribution in [0.25, 0.3) is 0 Å². The normalized spacial score (nSPS) is 14.8. The minimum Gasteiger partial charge on any atom is -0.478 e. The van der Waals surface area contributed by atoms with Crippen LogP contribution in [0.5, 0.6) is 0 Å². The monoisotopic (exact) mass is 289 g/mol. The Morgan fingerprint density at radius 2 is 1.86 bits per heavy atom. The van der Waals surface area contributed by atoms with Gasteiger partial charge in [-0.2, -0.15) is 0 Å². The van der Waals surface area contributed by atoms with Crippen LogP contribution in [-0.4, -0.2) is 53.0 Å². The Bertz CT molecular complexity index is 554. The second kappa shape index (κ2) is 6.39. The predicted octanol–water partition coefficient (Wildman–Crippen LogP) is 1.39. The van der Waals surface area contributed by atoms with Crippen molar-refractivity contribution in [1.29, 1.82) is 0 Å². The van der Waals surface area contributed by atoms with Crippen molar-refractivity contribution in [3.8, 4) is 0 Å². The van der Waals surface area contributed by atoms with Crippen LogP contribution in [0.1, 0.15) is 24.2 Å². The highest BCUT2D eigenvalue weighted by Crippen LogP contribution is 2.14. The number of rotatable bonds is 3. The van der Waals surface area contributed by atoms with Gasteiger partial charge in [-0.05, 0) is 26.0 Å². The minimum atomic E-state index is -0.980. The number of aromatic nitrogens is 1. The lowest BCUT2D eigenvalue weighted by molar-refractivity contribution is -0.126. The van der Waals surface area contributed by atoms with E-state index in [0.717, 1.165) is 11.4 Å². The summed E-state index contributed by atoms with van der Waals surface area (Å²) >= 11 is 0. The molecule has 1 saturated heterocycles. The molecule has 0 aliphatic carbocycles. The molecule has 0 aromatic carbocycles. The van der Waals surface area contributed by atoms with Crippen molar-refractivity contribution in [2.24, 2.45) is 0 Å². The summed E-state index contributed by atoms with van der Waals surface area (Å²) in [6.45, 7) is 6.49. The summed E-state index contributed by atoms with van der Waals surface area (Å²) < 4.78 is 0. The molecule has 0 saturated carbocycles. The molecule has 1 fully saturated rings. The summed E-state index contributed by atoms with van der Waals surface area (Å²) in [4.78, 5) is 30.8. The van der Waals surface area contributed by atoms with Crippen LogP contribution in [0.3, 0.4) is 0 Å². The molecule has 0 spiro atoms. The van der Waals surface area contributed by atoms with Gasteiger partial charge in [-0.25, -0.2) is 9.78 Å². The highest BCUT2D eigenvalue weighted by Gasteiger charge is 2.20. The maximum atomic E-state index is 11.9. The number of nitrogens with zero attached hydrogens (tertiary/aromatic N) is 3. The Morgan fingerprint density at radius 1 is 1.19 bits per heavy atom. The predicted molar refractivity (Wildman–Crippen MR) is 79.4 cm³/mol. The maximum absolute atomic E-state index is 11.9. The first-order valence-corrected chi connectivity index (χ1v) is 6.85. The Morgan fingerprint density at radius 3 is 2.33 bits per heavy atom. The summed E-state index contributed by atoms with van der Waals surface area (Å²) in [6.07, 6.45) is 3.01. The fourth-order valence-electron chi connectivity index (χ4n) is 2.19. The molecular weight excluding hydrogens is 270 g/mol. The number of carboxylic acid groups (broad SMARTS) is 1. The molecule has 1 aliphatic heterocycles. The first kappa shape index (κ1) is 15.0. The van der Waals surface area contributed by atoms with E-state index in [1.807, 2.05) is 18.7 Å². The van der Waals surface area contributed by atoms with Gasteiger partial charge in [0.05, 0.1) is 5.56 Å². The summed E-state index contributed by atoms with van der Waals surface area (Å²) in [7, 11) is 0. The standard InChI is InChI=1S/C15H19N3O3/c1-11(2)9-14(19)18-7-5-17(6-8-18)13-4-3-12(10-16-13)15(20)21/h3-4,9-10H,5-8H2,1-2H3,(H,20,21). The molecule has 6 heteroatoms. The molecule has 21 heavy (non-hydrogen) atoms. The molecule has 0 unspecified atom stereocenters. The van der Waals surface area contributed by atoms with Gasteiger partial charge in [0.1, 0.15) is 5.82 Å². The first-order valence-electron chi connectivity index (χ1n) is 6.85. The van der Waals surface area contributed by atoms with Crippen molar-refractivity contribution < 1.29 is 14.7 Å². The maximum Gasteiger partial charge on any atom is 0.337 e. The van der Waals surface area contributed by atoms with Gasteiger partial charge in [-0.3, -0.25) is 4.79 Å². The molecule has 0 atom stereocenters. The number of carboxylic acids is 1. The lowest BCUT2D eigenvalue weighted by atomic mass is 10.2. The van der Waals surface area contributed by atoms with E-state index < -0.39 is 5.97 Å². The average Bonchev–Trinajstić information content (AvgIpc) is 2.47. The Labute approximate surface area is 123 Å². The number of piperazine rings is 1. The third kappa shape index (κ3) is 3.81. The summed E-state index contributed by atoms with van der Waals surface area (Å²) in [5.41, 5.74) is 1.17. The van der Waals surface area contributed by atoms with Gasteiger partial charge in [0.2, 0.25) is 5.91 Å². The van der Waals surface area contributed by atoms with Crippen molar-refractivity contribution in [3.63, 3.8) is 0 Å². The van der Waals surface area contributed by atoms with Gasteiger partial charge in [0, 0.05) is 38.5 Å². The number of hydrogen-bond acceptors (Lipinski definition) is 4. The number of carbonyl (C=O) groups is 2. The Hall–Kier alpha value is -2.37. The lowest BCUT2D eigenvalue weighted by Gasteiger charge is -2.35. The zero-order valence-corrected chi connectivity index (χ0v) is 12.2. The molecule has 1 aliphatic rings. The van der Waals surface area contributed by atoms with Crippen molar-refractivity contribution in [1.82, 2.24) is 9.88 Å². The van der Waals surface area contributed by atoms with Crippen molar-refractivity contribution in [2.75, 3.05) is 31.1 Å². The average molecular weight is 289 g/mol. The molecule has 2 heterocycles. The topological polar surface area (TPSA) is 73.7 Å². The molecule has 2 rings (SSSR count). The van der Waals surface area contributed by atoms with Crippen LogP contribution in [0.2, 0.25) is 0 Å². The fraction of sp³-hybridized carbons (Fsp3) is 0.400. The number of amides is 1. The number of hydrogen-bond donors (Lipinski definition) is 1. The van der Waals surface area contributed by atoms with Gasteiger partial charge in [0.15, 0.2) is 0 Å². The van der Waals surface area contributed by atoms with E-state index in [9.17, 15) is 9.59 Å². The van der Waals surface area contributed by atoms with Crippen molar-refractivity contribution in [2.45, 2.75) is 13.8 Å².